The molecular formula is C20H21NO5S. The van der Waals surface area contributed by atoms with E-state index in [1.807, 2.05) is 19.1 Å². The van der Waals surface area contributed by atoms with Crippen LogP contribution in [0.2, 0.25) is 0 Å². The average molecular weight is 387 g/mol. The zero-order chi connectivity index (χ0) is 19.6. The van der Waals surface area contributed by atoms with Crippen LogP contribution in [0.5, 0.6) is 11.5 Å². The molecular weight excluding hydrogens is 366 g/mol. The lowest BCUT2D eigenvalue weighted by atomic mass is 10.1. The zero-order valence-electron chi connectivity index (χ0n) is 15.3. The Morgan fingerprint density at radius 1 is 1.15 bits per heavy atom. The first-order valence-corrected chi connectivity index (χ1v) is 9.47. The van der Waals surface area contributed by atoms with Gasteiger partial charge in [-0.3, -0.25) is 4.79 Å². The molecule has 0 aliphatic carbocycles. The minimum absolute atomic E-state index is 0.304. The van der Waals surface area contributed by atoms with E-state index >= 15 is 0 Å². The van der Waals surface area contributed by atoms with Crippen molar-refractivity contribution in [3.63, 3.8) is 0 Å². The molecule has 142 valence electrons. The Hall–Kier alpha value is -2.67. The molecule has 2 atom stereocenters. The van der Waals surface area contributed by atoms with E-state index in [9.17, 15) is 14.7 Å². The highest BCUT2D eigenvalue weighted by Crippen LogP contribution is 2.46. The predicted octanol–water partition coefficient (Wildman–Crippen LogP) is 3.35. The fourth-order valence-electron chi connectivity index (χ4n) is 3.17. The van der Waals surface area contributed by atoms with Crippen LogP contribution in [0.25, 0.3) is 0 Å². The average Bonchev–Trinajstić information content (AvgIpc) is 3.12. The standard InChI is InChI=1S/C20H21NO5S/c1-12-6-4-5-7-14(12)18(22)21-16(20(23)24)11-27-19(21)15-10-13(25-2)8-9-17(15)26-3/h4-10,16,19H,11H2,1-3H3,(H,23,24). The predicted molar refractivity (Wildman–Crippen MR) is 104 cm³/mol. The Kier molecular flexibility index (Phi) is 5.60. The minimum Gasteiger partial charge on any atom is -0.497 e. The summed E-state index contributed by atoms with van der Waals surface area (Å²) >= 11 is 1.41. The molecule has 0 aromatic heterocycles. The van der Waals surface area contributed by atoms with E-state index in [0.717, 1.165) is 5.56 Å². The molecule has 0 bridgehead atoms. The number of thioether (sulfide) groups is 1. The molecule has 6 nitrogen and oxygen atoms in total. The molecule has 1 aliphatic rings. The van der Waals surface area contributed by atoms with Gasteiger partial charge in [-0.2, -0.15) is 0 Å². The molecule has 7 heteroatoms. The number of carbonyl (C=O) groups is 2. The number of hydrogen-bond donors (Lipinski definition) is 1. The largest absolute Gasteiger partial charge is 0.497 e. The van der Waals surface area contributed by atoms with Gasteiger partial charge in [0.2, 0.25) is 0 Å². The zero-order valence-corrected chi connectivity index (χ0v) is 16.2. The number of rotatable bonds is 5. The molecule has 3 rings (SSSR count). The van der Waals surface area contributed by atoms with Gasteiger partial charge in [0.05, 0.1) is 14.2 Å². The summed E-state index contributed by atoms with van der Waals surface area (Å²) in [5, 5.41) is 9.19. The van der Waals surface area contributed by atoms with Gasteiger partial charge in [0.1, 0.15) is 22.9 Å². The number of methoxy groups -OCH3 is 2. The summed E-state index contributed by atoms with van der Waals surface area (Å²) in [5.74, 6) is 0.183. The lowest BCUT2D eigenvalue weighted by Crippen LogP contribution is -2.43. The van der Waals surface area contributed by atoms with Crippen LogP contribution in [0.15, 0.2) is 42.5 Å². The highest BCUT2D eigenvalue weighted by atomic mass is 32.2. The number of carboxylic acids is 1. The molecule has 0 saturated carbocycles. The van der Waals surface area contributed by atoms with Gasteiger partial charge in [0.25, 0.3) is 5.91 Å². The number of hydrogen-bond acceptors (Lipinski definition) is 5. The highest BCUT2D eigenvalue weighted by Gasteiger charge is 2.44. The summed E-state index contributed by atoms with van der Waals surface area (Å²) in [6, 6.07) is 11.6. The molecule has 0 spiro atoms. The van der Waals surface area contributed by atoms with E-state index in [1.54, 1.807) is 44.6 Å². The van der Waals surface area contributed by atoms with Crippen LogP contribution in [0, 0.1) is 6.92 Å². The summed E-state index contributed by atoms with van der Waals surface area (Å²) in [6.45, 7) is 1.84. The van der Waals surface area contributed by atoms with Crippen molar-refractivity contribution >= 4 is 23.6 Å². The van der Waals surface area contributed by atoms with Crippen LogP contribution in [-0.2, 0) is 4.79 Å². The molecule has 1 amide bonds. The quantitative estimate of drug-likeness (QED) is 0.848. The number of carbonyl (C=O) groups excluding carboxylic acids is 1. The Morgan fingerprint density at radius 2 is 1.89 bits per heavy atom. The van der Waals surface area contributed by atoms with Gasteiger partial charge in [-0.1, -0.05) is 18.2 Å². The summed E-state index contributed by atoms with van der Waals surface area (Å²) in [4.78, 5) is 26.6. The van der Waals surface area contributed by atoms with Crippen molar-refractivity contribution in [2.45, 2.75) is 18.3 Å². The third kappa shape index (κ3) is 3.60. The number of aryl methyl sites for hydroxylation is 1. The Labute approximate surface area is 162 Å². The number of aliphatic carboxylic acids is 1. The third-order valence-corrected chi connectivity index (χ3v) is 5.90. The number of carboxylic acid groups (broad SMARTS) is 1. The summed E-state index contributed by atoms with van der Waals surface area (Å²) in [7, 11) is 3.11. The number of benzene rings is 2. The highest BCUT2D eigenvalue weighted by molar-refractivity contribution is 7.99. The van der Waals surface area contributed by atoms with Crippen molar-refractivity contribution in [1.82, 2.24) is 4.90 Å². The summed E-state index contributed by atoms with van der Waals surface area (Å²) in [6.07, 6.45) is 0. The first-order chi connectivity index (χ1) is 13.0. The van der Waals surface area contributed by atoms with E-state index in [1.165, 1.54) is 16.7 Å². The van der Waals surface area contributed by atoms with Crippen LogP contribution >= 0.6 is 11.8 Å². The van der Waals surface area contributed by atoms with Crippen molar-refractivity contribution in [2.75, 3.05) is 20.0 Å². The molecule has 1 fully saturated rings. The van der Waals surface area contributed by atoms with Gasteiger partial charge in [0, 0.05) is 16.9 Å². The van der Waals surface area contributed by atoms with Crippen LogP contribution in [0.4, 0.5) is 0 Å². The van der Waals surface area contributed by atoms with Gasteiger partial charge in [-0.25, -0.2) is 4.79 Å². The van der Waals surface area contributed by atoms with Crippen molar-refractivity contribution in [3.8, 4) is 11.5 Å². The molecule has 0 radical (unpaired) electrons. The molecule has 2 unspecified atom stereocenters. The lowest BCUT2D eigenvalue weighted by Gasteiger charge is -2.29. The second-order valence-corrected chi connectivity index (χ2v) is 7.29. The number of amides is 1. The smallest absolute Gasteiger partial charge is 0.327 e. The monoisotopic (exact) mass is 387 g/mol. The maximum absolute atomic E-state index is 13.3. The topological polar surface area (TPSA) is 76.1 Å². The van der Waals surface area contributed by atoms with Gasteiger partial charge < -0.3 is 19.5 Å². The molecule has 2 aromatic rings. The molecule has 1 aliphatic heterocycles. The second-order valence-electron chi connectivity index (χ2n) is 6.17. The number of nitrogens with zero attached hydrogens (tertiary/aromatic N) is 1. The van der Waals surface area contributed by atoms with Crippen LogP contribution in [0.1, 0.15) is 26.9 Å². The van der Waals surface area contributed by atoms with E-state index in [2.05, 4.69) is 0 Å². The van der Waals surface area contributed by atoms with Crippen molar-refractivity contribution < 1.29 is 24.2 Å². The van der Waals surface area contributed by atoms with Crippen LogP contribution in [0.3, 0.4) is 0 Å². The van der Waals surface area contributed by atoms with Gasteiger partial charge in [-0.15, -0.1) is 11.8 Å². The van der Waals surface area contributed by atoms with Crippen molar-refractivity contribution in [3.05, 3.63) is 59.2 Å². The van der Waals surface area contributed by atoms with E-state index < -0.39 is 17.4 Å². The van der Waals surface area contributed by atoms with E-state index in [4.69, 9.17) is 9.47 Å². The molecule has 1 heterocycles. The fraction of sp³-hybridized carbons (Fsp3) is 0.300. The summed E-state index contributed by atoms with van der Waals surface area (Å²) < 4.78 is 10.8. The van der Waals surface area contributed by atoms with Gasteiger partial charge in [0.15, 0.2) is 0 Å². The van der Waals surface area contributed by atoms with Gasteiger partial charge in [-0.05, 0) is 36.8 Å². The van der Waals surface area contributed by atoms with E-state index in [-0.39, 0.29) is 5.91 Å². The molecule has 2 aromatic carbocycles. The number of ether oxygens (including phenoxy) is 2. The first-order valence-electron chi connectivity index (χ1n) is 8.42. The molecule has 1 saturated heterocycles. The normalized spacial score (nSPS) is 19.0. The second kappa shape index (κ2) is 7.92. The maximum atomic E-state index is 13.3. The van der Waals surface area contributed by atoms with Crippen molar-refractivity contribution in [2.24, 2.45) is 0 Å². The first kappa shape index (κ1) is 19.1. The SMILES string of the molecule is COc1ccc(OC)c(C2SCC(C(=O)O)N2C(=O)c2ccccc2C)c1. The molecule has 27 heavy (non-hydrogen) atoms. The third-order valence-electron chi connectivity index (χ3n) is 4.60. The maximum Gasteiger partial charge on any atom is 0.327 e. The Bertz CT molecular complexity index is 869. The van der Waals surface area contributed by atoms with Crippen molar-refractivity contribution in [1.29, 1.82) is 0 Å². The molecule has 1 N–H and O–H groups in total. The fourth-order valence-corrected chi connectivity index (χ4v) is 4.60. The Morgan fingerprint density at radius 3 is 2.52 bits per heavy atom. The van der Waals surface area contributed by atoms with Crippen LogP contribution < -0.4 is 9.47 Å². The van der Waals surface area contributed by atoms with Gasteiger partial charge >= 0.3 is 5.97 Å². The van der Waals surface area contributed by atoms with E-state index in [0.29, 0.717) is 28.4 Å². The van der Waals surface area contributed by atoms with Crippen LogP contribution in [-0.4, -0.2) is 47.9 Å². The lowest BCUT2D eigenvalue weighted by molar-refractivity contribution is -0.141. The minimum atomic E-state index is -1.02. The Balaban J connectivity index is 2.08. The summed E-state index contributed by atoms with van der Waals surface area (Å²) in [5.41, 5.74) is 2.02.